The maximum absolute atomic E-state index is 14.1. The topological polar surface area (TPSA) is 57.6 Å². The number of carbonyl (C=O) groups excluding carboxylic acids is 1. The molecule has 1 amide bonds. The van der Waals surface area contributed by atoms with Gasteiger partial charge in [-0.15, -0.1) is 0 Å². The SMILES string of the molecule is O=C(O)C12CCC(CN(C(=O)C34CC(F)(C3)C4)c3cccc(Br)c3)(CC1)CC2. The fourth-order valence-electron chi connectivity index (χ4n) is 6.26. The summed E-state index contributed by atoms with van der Waals surface area (Å²) in [7, 11) is 0. The number of nitrogens with zero attached hydrogens (tertiary/aromatic N) is 1. The number of benzene rings is 1. The summed E-state index contributed by atoms with van der Waals surface area (Å²) < 4.78 is 15.0. The number of anilines is 1. The lowest BCUT2D eigenvalue weighted by Gasteiger charge is -2.65. The molecule has 0 radical (unpaired) electrons. The Morgan fingerprint density at radius 1 is 1.04 bits per heavy atom. The summed E-state index contributed by atoms with van der Waals surface area (Å²) in [6, 6.07) is 7.76. The first-order valence-electron chi connectivity index (χ1n) is 10.2. The molecule has 0 aliphatic heterocycles. The average Bonchev–Trinajstić information content (AvgIpc) is 2.64. The van der Waals surface area contributed by atoms with Gasteiger partial charge in [-0.05, 0) is 81.4 Å². The normalized spacial score (nSPS) is 40.4. The average molecular weight is 450 g/mol. The van der Waals surface area contributed by atoms with Crippen LogP contribution in [0.3, 0.4) is 0 Å². The van der Waals surface area contributed by atoms with Crippen LogP contribution >= 0.6 is 15.9 Å². The summed E-state index contributed by atoms with van der Waals surface area (Å²) in [5.74, 6) is -0.608. The Hall–Kier alpha value is -1.43. The number of hydrogen-bond acceptors (Lipinski definition) is 2. The molecule has 6 aliphatic carbocycles. The molecule has 1 aromatic carbocycles. The van der Waals surface area contributed by atoms with E-state index < -0.39 is 22.5 Å². The predicted molar refractivity (Wildman–Crippen MR) is 107 cm³/mol. The summed E-state index contributed by atoms with van der Waals surface area (Å²) in [6.45, 7) is 0.610. The quantitative estimate of drug-likeness (QED) is 0.679. The second kappa shape index (κ2) is 5.80. The molecule has 0 unspecified atom stereocenters. The van der Waals surface area contributed by atoms with Gasteiger partial charge in [-0.1, -0.05) is 22.0 Å². The second-order valence-electron chi connectivity index (χ2n) is 9.92. The summed E-state index contributed by atoms with van der Waals surface area (Å²) in [5, 5.41) is 9.65. The van der Waals surface area contributed by atoms with Gasteiger partial charge in [0, 0.05) is 16.7 Å². The number of carboxylic acids is 1. The van der Waals surface area contributed by atoms with Crippen LogP contribution in [0.5, 0.6) is 0 Å². The van der Waals surface area contributed by atoms with Gasteiger partial charge in [0.25, 0.3) is 0 Å². The largest absolute Gasteiger partial charge is 0.481 e. The maximum Gasteiger partial charge on any atom is 0.309 e. The maximum atomic E-state index is 14.1. The highest BCUT2D eigenvalue weighted by atomic mass is 79.9. The lowest BCUT2D eigenvalue weighted by Crippen LogP contribution is -2.71. The molecular formula is C22H25BrFNO3. The fourth-order valence-corrected chi connectivity index (χ4v) is 6.65. The number of rotatable bonds is 5. The number of halogens is 2. The zero-order chi connectivity index (χ0) is 19.8. The minimum absolute atomic E-state index is 0.0217. The number of aliphatic carboxylic acids is 1. The van der Waals surface area contributed by atoms with Gasteiger partial charge >= 0.3 is 5.97 Å². The summed E-state index contributed by atoms with van der Waals surface area (Å²) in [5.41, 5.74) is -1.34. The minimum atomic E-state index is -1.10. The second-order valence-corrected chi connectivity index (χ2v) is 10.8. The molecular weight excluding hydrogens is 425 g/mol. The van der Waals surface area contributed by atoms with Gasteiger partial charge in [-0.25, -0.2) is 4.39 Å². The zero-order valence-corrected chi connectivity index (χ0v) is 17.4. The van der Waals surface area contributed by atoms with Gasteiger partial charge in [0.05, 0.1) is 10.8 Å². The van der Waals surface area contributed by atoms with E-state index in [1.807, 2.05) is 29.2 Å². The summed E-state index contributed by atoms with van der Waals surface area (Å²) in [6.07, 6.45) is 5.70. The Morgan fingerprint density at radius 3 is 2.14 bits per heavy atom. The van der Waals surface area contributed by atoms with E-state index >= 15 is 0 Å². The molecule has 6 aliphatic rings. The molecule has 6 saturated carbocycles. The van der Waals surface area contributed by atoms with E-state index in [2.05, 4.69) is 15.9 Å². The molecule has 7 rings (SSSR count). The van der Waals surface area contributed by atoms with Gasteiger partial charge in [-0.2, -0.15) is 0 Å². The van der Waals surface area contributed by atoms with E-state index in [0.717, 1.165) is 29.4 Å². The number of carboxylic acid groups (broad SMARTS) is 1. The molecule has 0 heterocycles. The van der Waals surface area contributed by atoms with Gasteiger partial charge in [-0.3, -0.25) is 9.59 Å². The van der Waals surface area contributed by atoms with Crippen molar-refractivity contribution in [2.24, 2.45) is 16.2 Å². The van der Waals surface area contributed by atoms with E-state index in [9.17, 15) is 19.1 Å². The van der Waals surface area contributed by atoms with Gasteiger partial charge < -0.3 is 10.0 Å². The fraction of sp³-hybridized carbons (Fsp3) is 0.636. The standard InChI is InChI=1S/C22H25BrFNO3/c23-15-2-1-3-16(10-15)25(17(26)21-11-22(24,12-21)13-21)14-19-4-7-20(8-5-19,9-6-19)18(27)28/h1-3,10H,4-9,11-14H2,(H,27,28). The highest BCUT2D eigenvalue weighted by Crippen LogP contribution is 2.70. The van der Waals surface area contributed by atoms with Crippen LogP contribution in [0.1, 0.15) is 57.8 Å². The van der Waals surface area contributed by atoms with E-state index in [4.69, 9.17) is 0 Å². The van der Waals surface area contributed by atoms with Crippen LogP contribution in [-0.4, -0.2) is 29.2 Å². The number of hydrogen-bond donors (Lipinski definition) is 1. The highest BCUT2D eigenvalue weighted by Gasteiger charge is 2.73. The van der Waals surface area contributed by atoms with Crippen molar-refractivity contribution < 1.29 is 19.1 Å². The third-order valence-electron chi connectivity index (χ3n) is 8.13. The van der Waals surface area contributed by atoms with Crippen LogP contribution < -0.4 is 4.90 Å². The molecule has 6 heteroatoms. The Labute approximate surface area is 172 Å². The van der Waals surface area contributed by atoms with Crippen molar-refractivity contribution in [1.82, 2.24) is 0 Å². The van der Waals surface area contributed by atoms with E-state index in [0.29, 0.717) is 45.1 Å². The Morgan fingerprint density at radius 2 is 1.64 bits per heavy atom. The first kappa shape index (κ1) is 18.6. The number of carbonyl (C=O) groups is 2. The van der Waals surface area contributed by atoms with Crippen molar-refractivity contribution in [3.05, 3.63) is 28.7 Å². The monoisotopic (exact) mass is 449 g/mol. The molecule has 0 atom stereocenters. The number of amides is 1. The first-order chi connectivity index (χ1) is 13.2. The van der Waals surface area contributed by atoms with Crippen molar-refractivity contribution in [3.63, 3.8) is 0 Å². The number of alkyl halides is 1. The lowest BCUT2D eigenvalue weighted by molar-refractivity contribution is -0.211. The smallest absolute Gasteiger partial charge is 0.309 e. The minimum Gasteiger partial charge on any atom is -0.481 e. The van der Waals surface area contributed by atoms with Crippen LogP contribution in [0.2, 0.25) is 0 Å². The molecule has 1 aromatic rings. The van der Waals surface area contributed by atoms with Crippen LogP contribution in [0.4, 0.5) is 10.1 Å². The zero-order valence-electron chi connectivity index (χ0n) is 15.8. The van der Waals surface area contributed by atoms with Crippen molar-refractivity contribution in [2.75, 3.05) is 11.4 Å². The third kappa shape index (κ3) is 2.59. The predicted octanol–water partition coefficient (Wildman–Crippen LogP) is 5.10. The van der Waals surface area contributed by atoms with Crippen LogP contribution in [0.15, 0.2) is 28.7 Å². The van der Waals surface area contributed by atoms with E-state index in [-0.39, 0.29) is 11.3 Å². The Kier molecular flexibility index (Phi) is 3.85. The molecule has 1 N–H and O–H groups in total. The highest BCUT2D eigenvalue weighted by molar-refractivity contribution is 9.10. The molecule has 4 nitrogen and oxygen atoms in total. The summed E-state index contributed by atoms with van der Waals surface area (Å²) in [4.78, 5) is 27.1. The Bertz CT molecular complexity index is 825. The van der Waals surface area contributed by atoms with Crippen molar-refractivity contribution in [1.29, 1.82) is 0 Å². The third-order valence-corrected chi connectivity index (χ3v) is 8.63. The summed E-state index contributed by atoms with van der Waals surface area (Å²) >= 11 is 3.50. The molecule has 0 spiro atoms. The van der Waals surface area contributed by atoms with Crippen LogP contribution in [-0.2, 0) is 9.59 Å². The van der Waals surface area contributed by atoms with Crippen molar-refractivity contribution in [3.8, 4) is 0 Å². The van der Waals surface area contributed by atoms with Gasteiger partial charge in [0.2, 0.25) is 5.91 Å². The van der Waals surface area contributed by atoms with Crippen molar-refractivity contribution in [2.45, 2.75) is 63.5 Å². The number of fused-ring (bicyclic) bond motifs is 3. The lowest BCUT2D eigenvalue weighted by atomic mass is 9.41. The van der Waals surface area contributed by atoms with Crippen LogP contribution in [0.25, 0.3) is 0 Å². The van der Waals surface area contributed by atoms with Crippen LogP contribution in [0, 0.1) is 16.2 Å². The molecule has 4 bridgehead atoms. The first-order valence-corrected chi connectivity index (χ1v) is 11.0. The van der Waals surface area contributed by atoms with E-state index in [1.165, 1.54) is 0 Å². The van der Waals surface area contributed by atoms with Gasteiger partial charge in [0.1, 0.15) is 5.67 Å². The van der Waals surface area contributed by atoms with Crippen molar-refractivity contribution >= 4 is 33.5 Å². The Balaban J connectivity index is 1.42. The molecule has 28 heavy (non-hydrogen) atoms. The molecule has 0 saturated heterocycles. The molecule has 0 aromatic heterocycles. The van der Waals surface area contributed by atoms with E-state index in [1.54, 1.807) is 0 Å². The van der Waals surface area contributed by atoms with Gasteiger partial charge in [0.15, 0.2) is 0 Å². The molecule has 6 fully saturated rings. The molecule has 150 valence electrons.